The number of fused-ring (bicyclic) bond motifs is 1. The molecule has 25 heavy (non-hydrogen) atoms. The summed E-state index contributed by atoms with van der Waals surface area (Å²) in [5.74, 6) is 0. The molecule has 0 radical (unpaired) electrons. The van der Waals surface area contributed by atoms with Crippen LogP contribution in [0.15, 0.2) is 42.5 Å². The first-order valence-electron chi connectivity index (χ1n) is 8.36. The van der Waals surface area contributed by atoms with Crippen molar-refractivity contribution in [2.45, 2.75) is 45.4 Å². The molecule has 3 nitrogen and oxygen atoms in total. The second-order valence-corrected chi connectivity index (χ2v) is 10.4. The number of rotatable bonds is 4. The molecular formula is C20H24N2OS2. The van der Waals surface area contributed by atoms with Crippen molar-refractivity contribution in [1.82, 2.24) is 9.71 Å². The summed E-state index contributed by atoms with van der Waals surface area (Å²) in [6, 6.07) is 14.3. The van der Waals surface area contributed by atoms with E-state index in [0.717, 1.165) is 20.8 Å². The molecule has 0 amide bonds. The van der Waals surface area contributed by atoms with Gasteiger partial charge in [-0.15, -0.1) is 11.3 Å². The van der Waals surface area contributed by atoms with Gasteiger partial charge in [0.1, 0.15) is 5.01 Å². The minimum Gasteiger partial charge on any atom is -0.242 e. The maximum absolute atomic E-state index is 12.8. The van der Waals surface area contributed by atoms with Crippen molar-refractivity contribution in [3.8, 4) is 0 Å². The van der Waals surface area contributed by atoms with Crippen LogP contribution in [0.25, 0.3) is 10.2 Å². The van der Waals surface area contributed by atoms with Crippen LogP contribution in [0.1, 0.15) is 48.5 Å². The zero-order chi connectivity index (χ0) is 18.2. The van der Waals surface area contributed by atoms with Crippen molar-refractivity contribution in [1.29, 1.82) is 0 Å². The monoisotopic (exact) mass is 372 g/mol. The third-order valence-electron chi connectivity index (χ3n) is 4.20. The Morgan fingerprint density at radius 3 is 2.44 bits per heavy atom. The fourth-order valence-electron chi connectivity index (χ4n) is 2.50. The van der Waals surface area contributed by atoms with Gasteiger partial charge in [-0.2, -0.15) is 0 Å². The molecule has 3 aromatic rings. The number of hydrogen-bond donors (Lipinski definition) is 1. The number of para-hydroxylation sites is 1. The SMILES string of the molecule is Cc1ccc([C@H](NS(=O)C(C)(C)C)c2nc3ccccc3s2)cc1C. The Morgan fingerprint density at radius 2 is 1.80 bits per heavy atom. The minimum atomic E-state index is -1.19. The van der Waals surface area contributed by atoms with E-state index in [2.05, 4.69) is 42.8 Å². The predicted molar refractivity (Wildman–Crippen MR) is 108 cm³/mol. The Kier molecular flexibility index (Phi) is 5.09. The molecule has 0 aliphatic rings. The smallest absolute Gasteiger partial charge is 0.116 e. The van der Waals surface area contributed by atoms with Crippen LogP contribution in [0.3, 0.4) is 0 Å². The molecule has 0 fully saturated rings. The molecule has 0 aliphatic carbocycles. The summed E-state index contributed by atoms with van der Waals surface area (Å²) in [5, 5.41) is 0.946. The van der Waals surface area contributed by atoms with Crippen molar-refractivity contribution >= 4 is 32.5 Å². The van der Waals surface area contributed by atoms with Gasteiger partial charge in [0.05, 0.1) is 32.0 Å². The second kappa shape index (κ2) is 6.98. The van der Waals surface area contributed by atoms with E-state index in [4.69, 9.17) is 4.98 Å². The number of aryl methyl sites for hydroxylation is 2. The third kappa shape index (κ3) is 4.00. The Bertz CT molecular complexity index is 892. The molecule has 1 N–H and O–H groups in total. The van der Waals surface area contributed by atoms with E-state index in [0.29, 0.717) is 0 Å². The van der Waals surface area contributed by atoms with Gasteiger partial charge in [-0.05, 0) is 63.4 Å². The van der Waals surface area contributed by atoms with Gasteiger partial charge in [0.15, 0.2) is 0 Å². The van der Waals surface area contributed by atoms with Crippen LogP contribution in [-0.2, 0) is 11.0 Å². The second-order valence-electron chi connectivity index (χ2n) is 7.30. The molecule has 0 saturated carbocycles. The molecule has 1 heterocycles. The molecule has 0 spiro atoms. The Morgan fingerprint density at radius 1 is 1.08 bits per heavy atom. The number of hydrogen-bond acceptors (Lipinski definition) is 3. The normalized spacial score (nSPS) is 14.6. The highest BCUT2D eigenvalue weighted by atomic mass is 32.2. The highest BCUT2D eigenvalue weighted by Crippen LogP contribution is 2.32. The lowest BCUT2D eigenvalue weighted by Gasteiger charge is -2.24. The Hall–Kier alpha value is -1.56. The van der Waals surface area contributed by atoms with Gasteiger partial charge in [-0.1, -0.05) is 30.3 Å². The van der Waals surface area contributed by atoms with E-state index in [1.54, 1.807) is 11.3 Å². The molecule has 1 unspecified atom stereocenters. The van der Waals surface area contributed by atoms with Crippen molar-refractivity contribution in [2.24, 2.45) is 0 Å². The lowest BCUT2D eigenvalue weighted by molar-refractivity contribution is 0.623. The minimum absolute atomic E-state index is 0.184. The van der Waals surface area contributed by atoms with Gasteiger partial charge >= 0.3 is 0 Å². The molecule has 0 saturated heterocycles. The van der Waals surface area contributed by atoms with Gasteiger partial charge in [0, 0.05) is 0 Å². The first-order valence-corrected chi connectivity index (χ1v) is 10.3. The molecule has 132 valence electrons. The number of nitrogens with one attached hydrogen (secondary N) is 1. The summed E-state index contributed by atoms with van der Waals surface area (Å²) in [6.07, 6.45) is 0. The van der Waals surface area contributed by atoms with Gasteiger partial charge in [-0.3, -0.25) is 0 Å². The van der Waals surface area contributed by atoms with Crippen LogP contribution in [0.2, 0.25) is 0 Å². The summed E-state index contributed by atoms with van der Waals surface area (Å²) < 4.78 is 16.9. The maximum atomic E-state index is 12.8. The van der Waals surface area contributed by atoms with E-state index in [-0.39, 0.29) is 10.8 Å². The van der Waals surface area contributed by atoms with Crippen LogP contribution >= 0.6 is 11.3 Å². The number of thiazole rings is 1. The zero-order valence-electron chi connectivity index (χ0n) is 15.3. The number of nitrogens with zero attached hydrogens (tertiary/aromatic N) is 1. The molecule has 0 aliphatic heterocycles. The summed E-state index contributed by atoms with van der Waals surface area (Å²) in [4.78, 5) is 4.80. The topological polar surface area (TPSA) is 42.0 Å². The van der Waals surface area contributed by atoms with Crippen LogP contribution in [0.4, 0.5) is 0 Å². The van der Waals surface area contributed by atoms with Crippen molar-refractivity contribution in [2.75, 3.05) is 0 Å². The lowest BCUT2D eigenvalue weighted by atomic mass is 10.0. The number of aromatic nitrogens is 1. The highest BCUT2D eigenvalue weighted by molar-refractivity contribution is 7.84. The fourth-order valence-corrected chi connectivity index (χ4v) is 4.44. The fraction of sp³-hybridized carbons (Fsp3) is 0.350. The van der Waals surface area contributed by atoms with E-state index >= 15 is 0 Å². The largest absolute Gasteiger partial charge is 0.242 e. The molecule has 0 bridgehead atoms. The van der Waals surface area contributed by atoms with E-state index in [1.165, 1.54) is 11.1 Å². The van der Waals surface area contributed by atoms with Gasteiger partial charge in [-0.25, -0.2) is 13.9 Å². The van der Waals surface area contributed by atoms with Crippen molar-refractivity contribution < 1.29 is 4.21 Å². The van der Waals surface area contributed by atoms with E-state index in [9.17, 15) is 4.21 Å². The molecular weight excluding hydrogens is 348 g/mol. The highest BCUT2D eigenvalue weighted by Gasteiger charge is 2.26. The summed E-state index contributed by atoms with van der Waals surface area (Å²) in [5.41, 5.74) is 4.56. The summed E-state index contributed by atoms with van der Waals surface area (Å²) >= 11 is 1.65. The quantitative estimate of drug-likeness (QED) is 0.696. The maximum Gasteiger partial charge on any atom is 0.116 e. The molecule has 1 aromatic heterocycles. The first kappa shape index (κ1) is 18.2. The average Bonchev–Trinajstić information content (AvgIpc) is 2.97. The first-order chi connectivity index (χ1) is 11.8. The Balaban J connectivity index is 2.07. The number of benzene rings is 2. The van der Waals surface area contributed by atoms with Gasteiger partial charge < -0.3 is 0 Å². The Labute approximate surface area is 156 Å². The predicted octanol–water partition coefficient (Wildman–Crippen LogP) is 5.05. The lowest BCUT2D eigenvalue weighted by Crippen LogP contribution is -2.36. The van der Waals surface area contributed by atoms with Gasteiger partial charge in [0.2, 0.25) is 0 Å². The van der Waals surface area contributed by atoms with E-state index < -0.39 is 11.0 Å². The summed E-state index contributed by atoms with van der Waals surface area (Å²) in [6.45, 7) is 10.1. The van der Waals surface area contributed by atoms with E-state index in [1.807, 2.05) is 39.0 Å². The van der Waals surface area contributed by atoms with Crippen LogP contribution < -0.4 is 4.72 Å². The molecule has 5 heteroatoms. The van der Waals surface area contributed by atoms with Crippen LogP contribution in [0.5, 0.6) is 0 Å². The third-order valence-corrected chi connectivity index (χ3v) is 6.87. The molecule has 3 rings (SSSR count). The standard InChI is InChI=1S/C20H24N2OS2/c1-13-10-11-15(12-14(13)2)18(22-25(23)20(3,4)5)19-21-16-8-6-7-9-17(16)24-19/h6-12,18,22H,1-5H3/t18-,25?/m0/s1. The van der Waals surface area contributed by atoms with Gasteiger partial charge in [0.25, 0.3) is 0 Å². The average molecular weight is 373 g/mol. The molecule has 2 aromatic carbocycles. The van der Waals surface area contributed by atoms with Crippen molar-refractivity contribution in [3.05, 3.63) is 64.2 Å². The molecule has 2 atom stereocenters. The van der Waals surface area contributed by atoms with Crippen LogP contribution in [-0.4, -0.2) is 13.9 Å². The zero-order valence-corrected chi connectivity index (χ0v) is 16.9. The summed E-state index contributed by atoms with van der Waals surface area (Å²) in [7, 11) is -1.19. The van der Waals surface area contributed by atoms with Crippen molar-refractivity contribution in [3.63, 3.8) is 0 Å². The van der Waals surface area contributed by atoms with Crippen LogP contribution in [0, 0.1) is 13.8 Å².